The molecule has 1 saturated heterocycles. The van der Waals surface area contributed by atoms with Crippen molar-refractivity contribution in [3.63, 3.8) is 0 Å². The first-order valence-electron chi connectivity index (χ1n) is 7.94. The number of hydrogen-bond acceptors (Lipinski definition) is 3. The van der Waals surface area contributed by atoms with Crippen LogP contribution < -0.4 is 0 Å². The summed E-state index contributed by atoms with van der Waals surface area (Å²) < 4.78 is 0. The normalized spacial score (nSPS) is 47.1. The molecular formula is C16H21NO4. The monoisotopic (exact) mass is 291 g/mol. The fourth-order valence-corrected chi connectivity index (χ4v) is 5.12. The molecule has 5 unspecified atom stereocenters. The molecule has 3 fully saturated rings. The van der Waals surface area contributed by atoms with E-state index in [4.69, 9.17) is 0 Å². The van der Waals surface area contributed by atoms with Crippen LogP contribution in [-0.4, -0.2) is 46.2 Å². The number of fused-ring (bicyclic) bond motifs is 3. The molecule has 0 aromatic heterocycles. The van der Waals surface area contributed by atoms with Gasteiger partial charge in [0.15, 0.2) is 0 Å². The standard InChI is InChI=1S/C16H21NO4/c18-12-4-3-10-6-17(7-11(10)12)15(19)13-8-1-2-9(5-8)14(13)16(20)21/h1-2,8-14,18H,3-7H2,(H,20,21)/t8?,9?,10?,11?,12?,13-,14+/m0/s1. The minimum absolute atomic E-state index is 0.000787. The third kappa shape index (κ3) is 1.86. The van der Waals surface area contributed by atoms with Gasteiger partial charge in [-0.1, -0.05) is 12.2 Å². The third-order valence-corrected chi connectivity index (χ3v) is 6.16. The maximum atomic E-state index is 12.8. The number of aliphatic hydroxyl groups excluding tert-OH is 1. The van der Waals surface area contributed by atoms with Crippen molar-refractivity contribution in [3.05, 3.63) is 12.2 Å². The minimum Gasteiger partial charge on any atom is -0.481 e. The third-order valence-electron chi connectivity index (χ3n) is 6.16. The van der Waals surface area contributed by atoms with Crippen LogP contribution in [0, 0.1) is 35.5 Å². The zero-order valence-corrected chi connectivity index (χ0v) is 11.9. The number of carbonyl (C=O) groups excluding carboxylic acids is 1. The van der Waals surface area contributed by atoms with Gasteiger partial charge >= 0.3 is 5.97 Å². The van der Waals surface area contributed by atoms with E-state index in [0.29, 0.717) is 19.0 Å². The van der Waals surface area contributed by atoms with Crippen molar-refractivity contribution < 1.29 is 19.8 Å². The van der Waals surface area contributed by atoms with Crippen LogP contribution in [0.1, 0.15) is 19.3 Å². The summed E-state index contributed by atoms with van der Waals surface area (Å²) in [4.78, 5) is 26.2. The Hall–Kier alpha value is -1.36. The Morgan fingerprint density at radius 3 is 2.43 bits per heavy atom. The van der Waals surface area contributed by atoms with Crippen LogP contribution in [0.2, 0.25) is 0 Å². The van der Waals surface area contributed by atoms with Gasteiger partial charge < -0.3 is 15.1 Å². The second-order valence-corrected chi connectivity index (χ2v) is 7.15. The molecule has 3 aliphatic carbocycles. The van der Waals surface area contributed by atoms with Gasteiger partial charge in [0.05, 0.1) is 17.9 Å². The van der Waals surface area contributed by atoms with E-state index < -0.39 is 17.8 Å². The summed E-state index contributed by atoms with van der Waals surface area (Å²) in [7, 11) is 0. The Bertz CT molecular complexity index is 516. The van der Waals surface area contributed by atoms with Gasteiger partial charge in [-0.15, -0.1) is 0 Å². The van der Waals surface area contributed by atoms with Crippen molar-refractivity contribution in [1.82, 2.24) is 4.90 Å². The lowest BCUT2D eigenvalue weighted by Gasteiger charge is -2.29. The van der Waals surface area contributed by atoms with Crippen LogP contribution in [-0.2, 0) is 9.59 Å². The van der Waals surface area contributed by atoms with Crippen molar-refractivity contribution >= 4 is 11.9 Å². The lowest BCUT2D eigenvalue weighted by Crippen LogP contribution is -2.42. The van der Waals surface area contributed by atoms with Crippen LogP contribution in [0.15, 0.2) is 12.2 Å². The number of carboxylic acid groups (broad SMARTS) is 1. The molecular weight excluding hydrogens is 270 g/mol. The van der Waals surface area contributed by atoms with Gasteiger partial charge in [-0.25, -0.2) is 0 Å². The van der Waals surface area contributed by atoms with Gasteiger partial charge in [0.1, 0.15) is 0 Å². The van der Waals surface area contributed by atoms with Crippen molar-refractivity contribution in [1.29, 1.82) is 0 Å². The Balaban J connectivity index is 1.53. The first kappa shape index (κ1) is 13.3. The first-order chi connectivity index (χ1) is 10.1. The van der Waals surface area contributed by atoms with Gasteiger partial charge in [0.25, 0.3) is 0 Å². The van der Waals surface area contributed by atoms with E-state index in [0.717, 1.165) is 19.3 Å². The van der Waals surface area contributed by atoms with Crippen molar-refractivity contribution in [2.24, 2.45) is 35.5 Å². The Labute approximate surface area is 123 Å². The molecule has 0 aromatic carbocycles. The molecule has 5 heteroatoms. The van der Waals surface area contributed by atoms with Crippen LogP contribution in [0.25, 0.3) is 0 Å². The van der Waals surface area contributed by atoms with Crippen LogP contribution in [0.4, 0.5) is 0 Å². The smallest absolute Gasteiger partial charge is 0.307 e. The Morgan fingerprint density at radius 1 is 1.05 bits per heavy atom. The van der Waals surface area contributed by atoms with E-state index in [-0.39, 0.29) is 29.8 Å². The van der Waals surface area contributed by atoms with E-state index >= 15 is 0 Å². The Morgan fingerprint density at radius 2 is 1.76 bits per heavy atom. The molecule has 0 aromatic rings. The minimum atomic E-state index is -0.843. The molecule has 1 amide bonds. The zero-order chi connectivity index (χ0) is 14.7. The van der Waals surface area contributed by atoms with Gasteiger partial charge in [-0.3, -0.25) is 9.59 Å². The highest BCUT2D eigenvalue weighted by Crippen LogP contribution is 2.49. The summed E-state index contributed by atoms with van der Waals surface area (Å²) in [6, 6.07) is 0. The second kappa shape index (κ2) is 4.57. The van der Waals surface area contributed by atoms with E-state index in [1.54, 1.807) is 0 Å². The van der Waals surface area contributed by atoms with E-state index in [2.05, 4.69) is 0 Å². The van der Waals surface area contributed by atoms with Gasteiger partial charge in [0.2, 0.25) is 5.91 Å². The number of aliphatic carboxylic acids is 1. The fraction of sp³-hybridized carbons (Fsp3) is 0.750. The summed E-state index contributed by atoms with van der Waals surface area (Å²) in [5.74, 6) is -1.08. The molecule has 1 aliphatic heterocycles. The molecule has 7 atom stereocenters. The van der Waals surface area contributed by atoms with E-state index in [9.17, 15) is 19.8 Å². The second-order valence-electron chi connectivity index (χ2n) is 7.15. The predicted molar refractivity (Wildman–Crippen MR) is 74.2 cm³/mol. The number of nitrogens with zero attached hydrogens (tertiary/aromatic N) is 1. The molecule has 2 N–H and O–H groups in total. The van der Waals surface area contributed by atoms with Crippen LogP contribution in [0.5, 0.6) is 0 Å². The number of aliphatic hydroxyl groups is 1. The molecule has 21 heavy (non-hydrogen) atoms. The SMILES string of the molecule is O=C(O)[C@@H]1C2C=CC(C2)[C@@H]1C(=O)N1CC2CCC(O)C2C1. The fourth-order valence-electron chi connectivity index (χ4n) is 5.12. The van der Waals surface area contributed by atoms with E-state index in [1.807, 2.05) is 17.1 Å². The van der Waals surface area contributed by atoms with Gasteiger partial charge in [-0.05, 0) is 37.0 Å². The highest BCUT2D eigenvalue weighted by molar-refractivity contribution is 5.87. The number of amides is 1. The first-order valence-corrected chi connectivity index (χ1v) is 7.94. The molecule has 114 valence electrons. The highest BCUT2D eigenvalue weighted by Gasteiger charge is 2.54. The lowest BCUT2D eigenvalue weighted by atomic mass is 9.82. The maximum absolute atomic E-state index is 12.8. The molecule has 1 heterocycles. The van der Waals surface area contributed by atoms with Crippen LogP contribution in [0.3, 0.4) is 0 Å². The average Bonchev–Trinajstić information content (AvgIpc) is 3.18. The van der Waals surface area contributed by atoms with E-state index in [1.165, 1.54) is 0 Å². The van der Waals surface area contributed by atoms with Crippen molar-refractivity contribution in [2.45, 2.75) is 25.4 Å². The number of carboxylic acids is 1. The van der Waals surface area contributed by atoms with Crippen LogP contribution >= 0.6 is 0 Å². The average molecular weight is 291 g/mol. The Kier molecular flexibility index (Phi) is 2.89. The van der Waals surface area contributed by atoms with Gasteiger partial charge in [0, 0.05) is 19.0 Å². The van der Waals surface area contributed by atoms with Gasteiger partial charge in [-0.2, -0.15) is 0 Å². The molecule has 2 saturated carbocycles. The lowest BCUT2D eigenvalue weighted by molar-refractivity contribution is -0.150. The molecule has 2 bridgehead atoms. The van der Waals surface area contributed by atoms with Crippen molar-refractivity contribution in [3.8, 4) is 0 Å². The quantitative estimate of drug-likeness (QED) is 0.736. The number of rotatable bonds is 2. The topological polar surface area (TPSA) is 77.8 Å². The summed E-state index contributed by atoms with van der Waals surface area (Å²) in [5, 5.41) is 19.4. The van der Waals surface area contributed by atoms with Crippen molar-refractivity contribution in [2.75, 3.05) is 13.1 Å². The summed E-state index contributed by atoms with van der Waals surface area (Å²) in [5.41, 5.74) is 0. The number of carbonyl (C=O) groups is 2. The molecule has 5 nitrogen and oxygen atoms in total. The predicted octanol–water partition coefficient (Wildman–Crippen LogP) is 0.739. The summed E-state index contributed by atoms with van der Waals surface area (Å²) in [6.45, 7) is 1.30. The summed E-state index contributed by atoms with van der Waals surface area (Å²) in [6.07, 6.45) is 6.33. The number of hydrogen-bond donors (Lipinski definition) is 2. The molecule has 0 spiro atoms. The molecule has 0 radical (unpaired) electrons. The highest BCUT2D eigenvalue weighted by atomic mass is 16.4. The molecule has 4 rings (SSSR count). The molecule has 4 aliphatic rings. The number of allylic oxidation sites excluding steroid dienone is 2. The zero-order valence-electron chi connectivity index (χ0n) is 11.9. The number of likely N-dealkylation sites (tertiary alicyclic amines) is 1. The largest absolute Gasteiger partial charge is 0.481 e. The maximum Gasteiger partial charge on any atom is 0.307 e. The summed E-state index contributed by atoms with van der Waals surface area (Å²) >= 11 is 0.